The number of H-pyrrole nitrogens is 1. The molecule has 1 aromatic heterocycles. The van der Waals surface area contributed by atoms with Gasteiger partial charge in [0, 0.05) is 5.56 Å². The highest BCUT2D eigenvalue weighted by Crippen LogP contribution is 2.23. The van der Waals surface area contributed by atoms with Crippen LogP contribution in [-0.2, 0) is 0 Å². The summed E-state index contributed by atoms with van der Waals surface area (Å²) in [5.74, 6) is 0.631. The van der Waals surface area contributed by atoms with E-state index in [0.717, 1.165) is 22.6 Å². The topological polar surface area (TPSA) is 67.0 Å². The van der Waals surface area contributed by atoms with Crippen LogP contribution in [0.1, 0.15) is 34.5 Å². The molecule has 25 heavy (non-hydrogen) atoms. The zero-order chi connectivity index (χ0) is 17.8. The van der Waals surface area contributed by atoms with Gasteiger partial charge in [0.1, 0.15) is 5.75 Å². The molecule has 2 aromatic carbocycles. The Bertz CT molecular complexity index is 851. The number of hydrogen-bond donors (Lipinski definition) is 2. The number of nitrogens with zero attached hydrogens (tertiary/aromatic N) is 1. The number of methoxy groups -OCH3 is 1. The van der Waals surface area contributed by atoms with E-state index in [1.165, 1.54) is 5.56 Å². The summed E-state index contributed by atoms with van der Waals surface area (Å²) in [6.07, 6.45) is 1.56. The summed E-state index contributed by atoms with van der Waals surface area (Å²) in [7, 11) is 1.63. The Balaban J connectivity index is 1.77. The van der Waals surface area contributed by atoms with Crippen LogP contribution in [0.15, 0.2) is 54.7 Å². The second kappa shape index (κ2) is 7.21. The van der Waals surface area contributed by atoms with Crippen LogP contribution in [0.4, 0.5) is 0 Å². The lowest BCUT2D eigenvalue weighted by molar-refractivity contribution is 0.0940. The Morgan fingerprint density at radius 1 is 1.12 bits per heavy atom. The van der Waals surface area contributed by atoms with Gasteiger partial charge in [0.25, 0.3) is 5.91 Å². The molecule has 0 aliphatic carbocycles. The molecule has 1 amide bonds. The van der Waals surface area contributed by atoms with Crippen LogP contribution in [-0.4, -0.2) is 23.2 Å². The smallest absolute Gasteiger partial charge is 0.255 e. The highest BCUT2D eigenvalue weighted by Gasteiger charge is 2.17. The second-order valence-electron chi connectivity index (χ2n) is 5.99. The minimum Gasteiger partial charge on any atom is -0.497 e. The minimum absolute atomic E-state index is 0.126. The predicted molar refractivity (Wildman–Crippen MR) is 97.6 cm³/mol. The fourth-order valence-corrected chi connectivity index (χ4v) is 2.65. The molecule has 0 aliphatic heterocycles. The number of nitrogens with one attached hydrogen (secondary N) is 2. The molecule has 0 bridgehead atoms. The van der Waals surface area contributed by atoms with Crippen molar-refractivity contribution in [2.24, 2.45) is 0 Å². The molecule has 0 unspecified atom stereocenters. The monoisotopic (exact) mass is 335 g/mol. The van der Waals surface area contributed by atoms with E-state index in [0.29, 0.717) is 5.56 Å². The van der Waals surface area contributed by atoms with Crippen molar-refractivity contribution in [3.8, 4) is 17.0 Å². The molecule has 0 fully saturated rings. The average Bonchev–Trinajstić information content (AvgIpc) is 3.12. The number of carbonyl (C=O) groups is 1. The van der Waals surface area contributed by atoms with Gasteiger partial charge in [-0.15, -0.1) is 0 Å². The molecule has 128 valence electrons. The first-order valence-corrected chi connectivity index (χ1v) is 8.13. The summed E-state index contributed by atoms with van der Waals surface area (Å²) in [5.41, 5.74) is 4.37. The van der Waals surface area contributed by atoms with Crippen LogP contribution < -0.4 is 10.1 Å². The lowest BCUT2D eigenvalue weighted by Gasteiger charge is -2.15. The quantitative estimate of drug-likeness (QED) is 0.743. The summed E-state index contributed by atoms with van der Waals surface area (Å²) in [6, 6.07) is 15.5. The van der Waals surface area contributed by atoms with Crippen molar-refractivity contribution in [3.63, 3.8) is 0 Å². The third-order valence-electron chi connectivity index (χ3n) is 4.19. The van der Waals surface area contributed by atoms with E-state index in [9.17, 15) is 4.79 Å². The largest absolute Gasteiger partial charge is 0.497 e. The summed E-state index contributed by atoms with van der Waals surface area (Å²) < 4.78 is 5.16. The van der Waals surface area contributed by atoms with Crippen LogP contribution >= 0.6 is 0 Å². The van der Waals surface area contributed by atoms with Gasteiger partial charge in [-0.05, 0) is 31.5 Å². The fourth-order valence-electron chi connectivity index (χ4n) is 2.65. The molecule has 0 saturated carbocycles. The standard InChI is InChI=1S/C20H21N3O2/c1-13-4-6-16(7-5-13)19-18(12-21-23-19)20(24)22-14(2)15-8-10-17(25-3)11-9-15/h4-12,14H,1-3H3,(H,21,23)(H,22,24)/t14-/m1/s1. The molecule has 0 spiro atoms. The molecule has 3 rings (SSSR count). The number of amides is 1. The minimum atomic E-state index is -0.160. The van der Waals surface area contributed by atoms with Gasteiger partial charge < -0.3 is 10.1 Å². The first-order valence-electron chi connectivity index (χ1n) is 8.13. The van der Waals surface area contributed by atoms with Crippen LogP contribution in [0.2, 0.25) is 0 Å². The van der Waals surface area contributed by atoms with E-state index >= 15 is 0 Å². The van der Waals surface area contributed by atoms with Crippen LogP contribution in [0, 0.1) is 6.92 Å². The molecule has 3 aromatic rings. The fraction of sp³-hybridized carbons (Fsp3) is 0.200. The number of aromatic amines is 1. The van der Waals surface area contributed by atoms with E-state index in [2.05, 4.69) is 15.5 Å². The van der Waals surface area contributed by atoms with E-state index in [1.54, 1.807) is 13.3 Å². The van der Waals surface area contributed by atoms with Gasteiger partial charge >= 0.3 is 0 Å². The highest BCUT2D eigenvalue weighted by molar-refractivity contribution is 5.99. The van der Waals surface area contributed by atoms with Crippen molar-refractivity contribution >= 4 is 5.91 Å². The number of ether oxygens (including phenoxy) is 1. The lowest BCUT2D eigenvalue weighted by atomic mass is 10.0. The van der Waals surface area contributed by atoms with Crippen molar-refractivity contribution in [1.29, 1.82) is 0 Å². The Labute approximate surface area is 147 Å². The number of benzene rings is 2. The SMILES string of the molecule is COc1ccc([C@@H](C)NC(=O)c2cn[nH]c2-c2ccc(C)cc2)cc1. The predicted octanol–water partition coefficient (Wildman–Crippen LogP) is 3.88. The number of rotatable bonds is 5. The van der Waals surface area contributed by atoms with Crippen LogP contribution in [0.25, 0.3) is 11.3 Å². The number of aromatic nitrogens is 2. The Hall–Kier alpha value is -3.08. The number of carbonyl (C=O) groups excluding carboxylic acids is 1. The van der Waals surface area contributed by atoms with Gasteiger partial charge in [-0.3, -0.25) is 9.89 Å². The summed E-state index contributed by atoms with van der Waals surface area (Å²) in [6.45, 7) is 3.98. The van der Waals surface area contributed by atoms with E-state index < -0.39 is 0 Å². The van der Waals surface area contributed by atoms with Crippen molar-refractivity contribution in [2.45, 2.75) is 19.9 Å². The zero-order valence-electron chi connectivity index (χ0n) is 14.5. The second-order valence-corrected chi connectivity index (χ2v) is 5.99. The molecule has 1 atom stereocenters. The van der Waals surface area contributed by atoms with Crippen LogP contribution in [0.5, 0.6) is 5.75 Å². The average molecular weight is 335 g/mol. The van der Waals surface area contributed by atoms with E-state index in [-0.39, 0.29) is 11.9 Å². The third-order valence-corrected chi connectivity index (χ3v) is 4.19. The van der Waals surface area contributed by atoms with Crippen molar-refractivity contribution in [3.05, 3.63) is 71.4 Å². The van der Waals surface area contributed by atoms with Gasteiger partial charge in [0.05, 0.1) is 30.6 Å². The molecule has 1 heterocycles. The van der Waals surface area contributed by atoms with Gasteiger partial charge in [0.2, 0.25) is 0 Å². The maximum atomic E-state index is 12.7. The maximum absolute atomic E-state index is 12.7. The Morgan fingerprint density at radius 2 is 1.80 bits per heavy atom. The Morgan fingerprint density at radius 3 is 2.44 bits per heavy atom. The molecule has 0 aliphatic rings. The lowest BCUT2D eigenvalue weighted by Crippen LogP contribution is -2.26. The van der Waals surface area contributed by atoms with Crippen molar-refractivity contribution in [1.82, 2.24) is 15.5 Å². The van der Waals surface area contributed by atoms with E-state index in [4.69, 9.17) is 4.74 Å². The molecule has 0 radical (unpaired) electrons. The normalized spacial score (nSPS) is 11.8. The summed E-state index contributed by atoms with van der Waals surface area (Å²) in [5, 5.41) is 9.98. The van der Waals surface area contributed by atoms with Crippen LogP contribution in [0.3, 0.4) is 0 Å². The first-order chi connectivity index (χ1) is 12.1. The molecular weight excluding hydrogens is 314 g/mol. The molecule has 5 heteroatoms. The third kappa shape index (κ3) is 3.71. The van der Waals surface area contributed by atoms with Gasteiger partial charge in [-0.1, -0.05) is 42.0 Å². The first kappa shape index (κ1) is 16.8. The van der Waals surface area contributed by atoms with Gasteiger partial charge in [-0.25, -0.2) is 0 Å². The highest BCUT2D eigenvalue weighted by atomic mass is 16.5. The van der Waals surface area contributed by atoms with Gasteiger partial charge in [0.15, 0.2) is 0 Å². The molecule has 0 saturated heterocycles. The molecule has 5 nitrogen and oxygen atoms in total. The molecule has 2 N–H and O–H groups in total. The van der Waals surface area contributed by atoms with Crippen molar-refractivity contribution in [2.75, 3.05) is 7.11 Å². The maximum Gasteiger partial charge on any atom is 0.255 e. The summed E-state index contributed by atoms with van der Waals surface area (Å²) in [4.78, 5) is 12.7. The molecular formula is C20H21N3O2. The number of aryl methyl sites for hydroxylation is 1. The zero-order valence-corrected chi connectivity index (χ0v) is 14.5. The Kier molecular flexibility index (Phi) is 4.84. The van der Waals surface area contributed by atoms with Crippen molar-refractivity contribution < 1.29 is 9.53 Å². The number of hydrogen-bond acceptors (Lipinski definition) is 3. The van der Waals surface area contributed by atoms with Gasteiger partial charge in [-0.2, -0.15) is 5.10 Å². The van der Waals surface area contributed by atoms with E-state index in [1.807, 2.05) is 62.4 Å². The summed E-state index contributed by atoms with van der Waals surface area (Å²) >= 11 is 0.